The molecule has 1 fully saturated rings. The highest BCUT2D eigenvalue weighted by Crippen LogP contribution is 2.15. The minimum absolute atomic E-state index is 0. The molecule has 1 atom stereocenters. The molecule has 0 radical (unpaired) electrons. The van der Waals surface area contributed by atoms with E-state index in [1.807, 2.05) is 6.07 Å². The van der Waals surface area contributed by atoms with Gasteiger partial charge in [-0.05, 0) is 43.5 Å². The lowest BCUT2D eigenvalue weighted by atomic mass is 10.1. The van der Waals surface area contributed by atoms with E-state index in [4.69, 9.17) is 4.74 Å². The summed E-state index contributed by atoms with van der Waals surface area (Å²) < 4.78 is 18.3. The number of benzene rings is 1. The lowest BCUT2D eigenvalue weighted by molar-refractivity contribution is 0.141. The molecule has 2 rings (SSSR count). The fourth-order valence-electron chi connectivity index (χ4n) is 3.08. The van der Waals surface area contributed by atoms with E-state index in [9.17, 15) is 4.39 Å². The van der Waals surface area contributed by atoms with Crippen molar-refractivity contribution in [3.8, 4) is 0 Å². The van der Waals surface area contributed by atoms with E-state index in [1.165, 1.54) is 18.9 Å². The third kappa shape index (κ3) is 7.87. The number of halogens is 2. The highest BCUT2D eigenvalue weighted by Gasteiger charge is 2.23. The third-order valence-corrected chi connectivity index (χ3v) is 4.41. The smallest absolute Gasteiger partial charge is 0.191 e. The van der Waals surface area contributed by atoms with Gasteiger partial charge in [-0.3, -0.25) is 9.89 Å². The first-order chi connectivity index (χ1) is 11.7. The zero-order valence-corrected chi connectivity index (χ0v) is 17.5. The molecule has 0 amide bonds. The Hall–Kier alpha value is -0.930. The van der Waals surface area contributed by atoms with Crippen LogP contribution in [0.1, 0.15) is 18.4 Å². The Kier molecular flexibility index (Phi) is 11.0. The van der Waals surface area contributed by atoms with Crippen molar-refractivity contribution >= 4 is 29.9 Å². The van der Waals surface area contributed by atoms with Crippen molar-refractivity contribution in [2.75, 3.05) is 46.9 Å². The van der Waals surface area contributed by atoms with E-state index < -0.39 is 0 Å². The van der Waals surface area contributed by atoms with E-state index in [0.717, 1.165) is 50.7 Å². The van der Waals surface area contributed by atoms with Crippen molar-refractivity contribution in [3.63, 3.8) is 0 Å². The first-order valence-electron chi connectivity index (χ1n) is 8.65. The summed E-state index contributed by atoms with van der Waals surface area (Å²) in [5, 5.41) is 6.69. The van der Waals surface area contributed by atoms with Crippen molar-refractivity contribution in [2.24, 2.45) is 4.99 Å². The van der Waals surface area contributed by atoms with Gasteiger partial charge in [-0.25, -0.2) is 4.39 Å². The van der Waals surface area contributed by atoms with Crippen molar-refractivity contribution in [3.05, 3.63) is 35.6 Å². The monoisotopic (exact) mass is 464 g/mol. The van der Waals surface area contributed by atoms with Crippen molar-refractivity contribution in [1.82, 2.24) is 15.5 Å². The Labute approximate surface area is 167 Å². The average molecular weight is 464 g/mol. The molecule has 0 bridgehead atoms. The van der Waals surface area contributed by atoms with Gasteiger partial charge in [-0.15, -0.1) is 24.0 Å². The Morgan fingerprint density at radius 3 is 2.96 bits per heavy atom. The molecule has 0 spiro atoms. The summed E-state index contributed by atoms with van der Waals surface area (Å²) in [7, 11) is 3.52. The molecule has 142 valence electrons. The molecule has 1 aromatic rings. The van der Waals surface area contributed by atoms with Gasteiger partial charge in [-0.1, -0.05) is 12.1 Å². The van der Waals surface area contributed by atoms with Crippen LogP contribution in [0.3, 0.4) is 0 Å². The van der Waals surface area contributed by atoms with Crippen molar-refractivity contribution in [2.45, 2.75) is 25.3 Å². The molecule has 1 saturated heterocycles. The average Bonchev–Trinajstić information content (AvgIpc) is 3.03. The Bertz CT molecular complexity index is 530. The first kappa shape index (κ1) is 22.1. The molecule has 1 aromatic carbocycles. The maximum absolute atomic E-state index is 13.2. The molecule has 0 aromatic heterocycles. The normalized spacial score (nSPS) is 18.0. The number of rotatable bonds is 8. The lowest BCUT2D eigenvalue weighted by Crippen LogP contribution is -2.45. The predicted octanol–water partition coefficient (Wildman–Crippen LogP) is 2.26. The van der Waals surface area contributed by atoms with Gasteiger partial charge >= 0.3 is 0 Å². The molecular weight excluding hydrogens is 434 g/mol. The van der Waals surface area contributed by atoms with Crippen LogP contribution < -0.4 is 10.6 Å². The topological polar surface area (TPSA) is 48.9 Å². The molecule has 1 aliphatic rings. The molecule has 2 N–H and O–H groups in total. The quantitative estimate of drug-likeness (QED) is 0.352. The van der Waals surface area contributed by atoms with Crippen LogP contribution in [0.25, 0.3) is 0 Å². The van der Waals surface area contributed by atoms with Crippen LogP contribution in [0.5, 0.6) is 0 Å². The van der Waals surface area contributed by atoms with Crippen LogP contribution in [0.2, 0.25) is 0 Å². The summed E-state index contributed by atoms with van der Waals surface area (Å²) in [6, 6.07) is 7.25. The minimum Gasteiger partial charge on any atom is -0.383 e. The van der Waals surface area contributed by atoms with E-state index in [1.54, 1.807) is 26.3 Å². The Morgan fingerprint density at radius 2 is 2.24 bits per heavy atom. The Morgan fingerprint density at radius 1 is 1.40 bits per heavy atom. The first-order valence-corrected chi connectivity index (χ1v) is 8.65. The van der Waals surface area contributed by atoms with Gasteiger partial charge in [0.15, 0.2) is 5.96 Å². The van der Waals surface area contributed by atoms with Gasteiger partial charge in [0.1, 0.15) is 5.82 Å². The molecule has 1 aliphatic heterocycles. The number of methoxy groups -OCH3 is 1. The van der Waals surface area contributed by atoms with Crippen molar-refractivity contribution in [1.29, 1.82) is 0 Å². The zero-order valence-electron chi connectivity index (χ0n) is 15.1. The molecular formula is C18H30FIN4O. The molecule has 1 heterocycles. The van der Waals surface area contributed by atoms with Gasteiger partial charge in [0.05, 0.1) is 6.61 Å². The SMILES string of the molecule is CN=C(NCCc1cccc(F)c1)NCC1CCCN1CCOC.I. The van der Waals surface area contributed by atoms with Crippen LogP contribution >= 0.6 is 24.0 Å². The fourth-order valence-corrected chi connectivity index (χ4v) is 3.08. The number of guanidine groups is 1. The second kappa shape index (κ2) is 12.4. The summed E-state index contributed by atoms with van der Waals surface area (Å²) in [5.41, 5.74) is 0.986. The van der Waals surface area contributed by atoms with Gasteiger partial charge in [0, 0.05) is 39.8 Å². The molecule has 7 heteroatoms. The summed E-state index contributed by atoms with van der Waals surface area (Å²) in [6.45, 7) is 4.50. The molecule has 0 saturated carbocycles. The molecule has 0 aliphatic carbocycles. The van der Waals surface area contributed by atoms with Crippen LogP contribution in [0.15, 0.2) is 29.3 Å². The maximum atomic E-state index is 13.2. The number of hydrogen-bond donors (Lipinski definition) is 2. The summed E-state index contributed by atoms with van der Waals surface area (Å²) in [4.78, 5) is 6.73. The van der Waals surface area contributed by atoms with E-state index >= 15 is 0 Å². The van der Waals surface area contributed by atoms with E-state index in [0.29, 0.717) is 6.04 Å². The number of nitrogens with one attached hydrogen (secondary N) is 2. The highest BCUT2D eigenvalue weighted by molar-refractivity contribution is 14.0. The van der Waals surface area contributed by atoms with Gasteiger partial charge in [-0.2, -0.15) is 0 Å². The summed E-state index contributed by atoms with van der Waals surface area (Å²) in [5.74, 6) is 0.609. The lowest BCUT2D eigenvalue weighted by Gasteiger charge is -2.25. The van der Waals surface area contributed by atoms with Gasteiger partial charge in [0.2, 0.25) is 0 Å². The van der Waals surface area contributed by atoms with E-state index in [2.05, 4.69) is 20.5 Å². The predicted molar refractivity (Wildman–Crippen MR) is 111 cm³/mol. The number of likely N-dealkylation sites (tertiary alicyclic amines) is 1. The number of hydrogen-bond acceptors (Lipinski definition) is 3. The summed E-state index contributed by atoms with van der Waals surface area (Å²) >= 11 is 0. The number of ether oxygens (including phenoxy) is 1. The van der Waals surface area contributed by atoms with Gasteiger partial charge in [0.25, 0.3) is 0 Å². The highest BCUT2D eigenvalue weighted by atomic mass is 127. The molecule has 5 nitrogen and oxygen atoms in total. The van der Waals surface area contributed by atoms with Crippen molar-refractivity contribution < 1.29 is 9.13 Å². The van der Waals surface area contributed by atoms with Crippen LogP contribution in [-0.2, 0) is 11.2 Å². The fraction of sp³-hybridized carbons (Fsp3) is 0.611. The molecule has 1 unspecified atom stereocenters. The zero-order chi connectivity index (χ0) is 17.2. The van der Waals surface area contributed by atoms with Crippen LogP contribution in [0, 0.1) is 5.82 Å². The van der Waals surface area contributed by atoms with Crippen LogP contribution in [0.4, 0.5) is 4.39 Å². The summed E-state index contributed by atoms with van der Waals surface area (Å²) in [6.07, 6.45) is 3.21. The second-order valence-electron chi connectivity index (χ2n) is 6.08. The Balaban J connectivity index is 0.00000312. The van der Waals surface area contributed by atoms with Crippen LogP contribution in [-0.4, -0.2) is 63.8 Å². The maximum Gasteiger partial charge on any atom is 0.191 e. The molecule has 25 heavy (non-hydrogen) atoms. The van der Waals surface area contributed by atoms with Gasteiger partial charge < -0.3 is 15.4 Å². The number of aliphatic imine (C=N–C) groups is 1. The largest absolute Gasteiger partial charge is 0.383 e. The second-order valence-corrected chi connectivity index (χ2v) is 6.08. The van der Waals surface area contributed by atoms with E-state index in [-0.39, 0.29) is 29.8 Å². The standard InChI is InChI=1S/C18H29FN4O.HI/c1-20-18(21-9-8-15-5-3-6-16(19)13-15)22-14-17-7-4-10-23(17)11-12-24-2;/h3,5-6,13,17H,4,7-12,14H2,1-2H3,(H2,20,21,22);1H. The third-order valence-electron chi connectivity index (χ3n) is 4.41. The number of nitrogens with zero attached hydrogens (tertiary/aromatic N) is 2. The minimum atomic E-state index is -0.188.